The van der Waals surface area contributed by atoms with Crippen LogP contribution in [0.4, 0.5) is 0 Å². The van der Waals surface area contributed by atoms with Crippen LogP contribution in [0.2, 0.25) is 5.02 Å². The number of methoxy groups -OCH3 is 1. The summed E-state index contributed by atoms with van der Waals surface area (Å²) in [5.41, 5.74) is 1.88. The Morgan fingerprint density at radius 1 is 1.35 bits per heavy atom. The van der Waals surface area contributed by atoms with Gasteiger partial charge in [-0.2, -0.15) is 5.26 Å². The number of hydrogen-bond donors (Lipinski definition) is 1. The van der Waals surface area contributed by atoms with Crippen molar-refractivity contribution in [1.29, 1.82) is 5.26 Å². The number of allylic oxidation sites excluding steroid dienone is 1. The van der Waals surface area contributed by atoms with Crippen molar-refractivity contribution >= 4 is 44.8 Å². The predicted molar refractivity (Wildman–Crippen MR) is 92.8 cm³/mol. The van der Waals surface area contributed by atoms with Crippen LogP contribution in [0.1, 0.15) is 10.6 Å². The molecule has 0 aliphatic heterocycles. The van der Waals surface area contributed by atoms with E-state index in [4.69, 9.17) is 16.3 Å². The van der Waals surface area contributed by atoms with Crippen molar-refractivity contribution in [2.75, 3.05) is 7.11 Å². The molecule has 0 aliphatic rings. The molecule has 0 atom stereocenters. The fourth-order valence-corrected chi connectivity index (χ4v) is 3.20. The van der Waals surface area contributed by atoms with E-state index in [9.17, 15) is 10.4 Å². The fourth-order valence-electron chi connectivity index (χ4n) is 2.12. The molecule has 0 fully saturated rings. The summed E-state index contributed by atoms with van der Waals surface area (Å²) in [5.74, 6) is 0.407. The Balaban J connectivity index is 2.04. The molecule has 0 bridgehead atoms. The van der Waals surface area contributed by atoms with E-state index < -0.39 is 0 Å². The van der Waals surface area contributed by atoms with Crippen molar-refractivity contribution < 1.29 is 9.84 Å². The number of thiazole rings is 1. The SMILES string of the molecule is COc1ccc(/C=C(\C#N)c2nc3cc(Cl)ccc3s2)cc1O. The lowest BCUT2D eigenvalue weighted by atomic mass is 10.1. The first kappa shape index (κ1) is 15.3. The summed E-state index contributed by atoms with van der Waals surface area (Å²) < 4.78 is 5.97. The maximum atomic E-state index is 9.83. The van der Waals surface area contributed by atoms with Gasteiger partial charge in [0.1, 0.15) is 11.1 Å². The summed E-state index contributed by atoms with van der Waals surface area (Å²) in [5, 5.41) is 20.5. The van der Waals surface area contributed by atoms with Gasteiger partial charge in [0.25, 0.3) is 0 Å². The molecule has 23 heavy (non-hydrogen) atoms. The molecule has 2 aromatic carbocycles. The standard InChI is InChI=1S/C17H11ClN2O2S/c1-22-15-4-2-10(7-14(15)21)6-11(9-19)17-20-13-8-12(18)3-5-16(13)23-17/h2-8,21H,1H3/b11-6+. The number of nitriles is 1. The molecular formula is C17H11ClN2O2S. The van der Waals surface area contributed by atoms with Crippen LogP contribution in [-0.4, -0.2) is 17.2 Å². The fraction of sp³-hybridized carbons (Fsp3) is 0.0588. The highest BCUT2D eigenvalue weighted by Crippen LogP contribution is 2.31. The van der Waals surface area contributed by atoms with Crippen LogP contribution < -0.4 is 4.74 Å². The van der Waals surface area contributed by atoms with Crippen LogP contribution in [0.15, 0.2) is 36.4 Å². The third kappa shape index (κ3) is 3.14. The number of ether oxygens (including phenoxy) is 1. The number of fused-ring (bicyclic) bond motifs is 1. The van der Waals surface area contributed by atoms with Crippen LogP contribution in [-0.2, 0) is 0 Å². The lowest BCUT2D eigenvalue weighted by Crippen LogP contribution is -1.85. The van der Waals surface area contributed by atoms with Crippen LogP contribution in [0.3, 0.4) is 0 Å². The molecule has 114 valence electrons. The molecule has 0 unspecified atom stereocenters. The lowest BCUT2D eigenvalue weighted by Gasteiger charge is -2.03. The maximum absolute atomic E-state index is 9.83. The van der Waals surface area contributed by atoms with E-state index in [2.05, 4.69) is 11.1 Å². The maximum Gasteiger partial charge on any atom is 0.160 e. The van der Waals surface area contributed by atoms with Gasteiger partial charge in [-0.1, -0.05) is 17.7 Å². The van der Waals surface area contributed by atoms with Crippen LogP contribution in [0, 0.1) is 11.3 Å². The second-order valence-electron chi connectivity index (χ2n) is 4.73. The van der Waals surface area contributed by atoms with Crippen LogP contribution >= 0.6 is 22.9 Å². The van der Waals surface area contributed by atoms with Crippen LogP contribution in [0.25, 0.3) is 21.9 Å². The summed E-state index contributed by atoms with van der Waals surface area (Å²) >= 11 is 7.38. The zero-order valence-corrected chi connectivity index (χ0v) is 13.6. The Morgan fingerprint density at radius 2 is 2.17 bits per heavy atom. The molecule has 6 heteroatoms. The largest absolute Gasteiger partial charge is 0.504 e. The van der Waals surface area contributed by atoms with Gasteiger partial charge in [0.2, 0.25) is 0 Å². The number of rotatable bonds is 3. The molecule has 0 spiro atoms. The van der Waals surface area contributed by atoms with Crippen molar-refractivity contribution in [3.63, 3.8) is 0 Å². The average Bonchev–Trinajstić information content (AvgIpc) is 2.95. The Kier molecular flexibility index (Phi) is 4.20. The minimum Gasteiger partial charge on any atom is -0.504 e. The van der Waals surface area contributed by atoms with Crippen molar-refractivity contribution in [3.05, 3.63) is 52.0 Å². The molecule has 1 heterocycles. The molecule has 3 aromatic rings. The first-order valence-corrected chi connectivity index (χ1v) is 7.85. The summed E-state index contributed by atoms with van der Waals surface area (Å²) in [6, 6.07) is 12.6. The number of halogens is 1. The van der Waals surface area contributed by atoms with Crippen LogP contribution in [0.5, 0.6) is 11.5 Å². The van der Waals surface area contributed by atoms with Gasteiger partial charge in [-0.3, -0.25) is 0 Å². The summed E-state index contributed by atoms with van der Waals surface area (Å²) in [7, 11) is 1.48. The van der Waals surface area contributed by atoms with Crippen molar-refractivity contribution in [3.8, 4) is 17.6 Å². The molecule has 0 saturated heterocycles. The van der Waals surface area contributed by atoms with Gasteiger partial charge >= 0.3 is 0 Å². The number of phenolic OH excluding ortho intramolecular Hbond substituents is 1. The van der Waals surface area contributed by atoms with E-state index in [1.165, 1.54) is 18.4 Å². The monoisotopic (exact) mass is 342 g/mol. The predicted octanol–water partition coefficient (Wildman–Crippen LogP) is 4.73. The molecule has 0 radical (unpaired) electrons. The van der Waals surface area contributed by atoms with E-state index >= 15 is 0 Å². The van der Waals surface area contributed by atoms with Crippen molar-refractivity contribution in [1.82, 2.24) is 4.98 Å². The van der Waals surface area contributed by atoms with E-state index in [0.29, 0.717) is 26.9 Å². The van der Waals surface area contributed by atoms with Crippen molar-refractivity contribution in [2.45, 2.75) is 0 Å². The molecular weight excluding hydrogens is 332 g/mol. The van der Waals surface area contributed by atoms with E-state index in [1.807, 2.05) is 6.07 Å². The Morgan fingerprint density at radius 3 is 2.87 bits per heavy atom. The molecule has 0 saturated carbocycles. The summed E-state index contributed by atoms with van der Waals surface area (Å²) in [6.45, 7) is 0. The minimum absolute atomic E-state index is 0.0228. The van der Waals surface area contributed by atoms with Crippen molar-refractivity contribution in [2.24, 2.45) is 0 Å². The average molecular weight is 343 g/mol. The minimum atomic E-state index is 0.0228. The van der Waals surface area contributed by atoms with E-state index in [1.54, 1.807) is 36.4 Å². The second-order valence-corrected chi connectivity index (χ2v) is 6.20. The molecule has 4 nitrogen and oxygen atoms in total. The number of nitrogens with zero attached hydrogens (tertiary/aromatic N) is 2. The third-order valence-corrected chi connectivity index (χ3v) is 4.52. The van der Waals surface area contributed by atoms with E-state index in [0.717, 1.165) is 10.2 Å². The molecule has 1 N–H and O–H groups in total. The zero-order chi connectivity index (χ0) is 16.4. The smallest absolute Gasteiger partial charge is 0.160 e. The van der Waals surface area contributed by atoms with Gasteiger partial charge in [0.05, 0.1) is 22.9 Å². The molecule has 1 aromatic heterocycles. The number of hydrogen-bond acceptors (Lipinski definition) is 5. The van der Waals surface area contributed by atoms with Gasteiger partial charge in [0, 0.05) is 5.02 Å². The van der Waals surface area contributed by atoms with Gasteiger partial charge in [-0.25, -0.2) is 4.98 Å². The van der Waals surface area contributed by atoms with Gasteiger partial charge < -0.3 is 9.84 Å². The summed E-state index contributed by atoms with van der Waals surface area (Å²) in [6.07, 6.45) is 1.68. The van der Waals surface area contributed by atoms with E-state index in [-0.39, 0.29) is 5.75 Å². The zero-order valence-electron chi connectivity index (χ0n) is 12.1. The number of aromatic nitrogens is 1. The van der Waals surface area contributed by atoms with Gasteiger partial charge in [-0.15, -0.1) is 11.3 Å². The van der Waals surface area contributed by atoms with Gasteiger partial charge in [-0.05, 0) is 42.0 Å². The number of phenols is 1. The Hall–Kier alpha value is -2.55. The highest BCUT2D eigenvalue weighted by molar-refractivity contribution is 7.19. The molecule has 0 aliphatic carbocycles. The number of aromatic hydroxyl groups is 1. The highest BCUT2D eigenvalue weighted by Gasteiger charge is 2.10. The quantitative estimate of drug-likeness (QED) is 0.699. The lowest BCUT2D eigenvalue weighted by molar-refractivity contribution is 0.373. The highest BCUT2D eigenvalue weighted by atomic mass is 35.5. The normalized spacial score (nSPS) is 11.4. The number of benzene rings is 2. The first-order chi connectivity index (χ1) is 11.1. The summed E-state index contributed by atoms with van der Waals surface area (Å²) in [4.78, 5) is 4.45. The Bertz CT molecular complexity index is 957. The first-order valence-electron chi connectivity index (χ1n) is 6.66. The molecule has 3 rings (SSSR count). The topological polar surface area (TPSA) is 66.1 Å². The molecule has 0 amide bonds. The third-order valence-electron chi connectivity index (χ3n) is 3.21. The second kappa shape index (κ2) is 6.29. The Labute approximate surface area is 141 Å². The van der Waals surface area contributed by atoms with Gasteiger partial charge in [0.15, 0.2) is 11.5 Å².